The highest BCUT2D eigenvalue weighted by Crippen LogP contribution is 2.31. The normalized spacial score (nSPS) is 14.4. The van der Waals surface area contributed by atoms with Gasteiger partial charge >= 0.3 is 0 Å². The zero-order valence-electron chi connectivity index (χ0n) is 17.7. The number of hydrogen-bond donors (Lipinski definition) is 1. The molecule has 0 saturated carbocycles. The van der Waals surface area contributed by atoms with Crippen molar-refractivity contribution in [1.29, 1.82) is 0 Å². The van der Waals surface area contributed by atoms with Crippen molar-refractivity contribution in [1.82, 2.24) is 4.90 Å². The first-order valence-electron chi connectivity index (χ1n) is 10.7. The second-order valence-corrected chi connectivity index (χ2v) is 8.34. The molecular formula is C23H30N2O4S. The van der Waals surface area contributed by atoms with Crippen LogP contribution in [0.2, 0.25) is 0 Å². The molecule has 2 amide bonds. The third-order valence-corrected chi connectivity index (χ3v) is 5.88. The van der Waals surface area contributed by atoms with Crippen molar-refractivity contribution in [2.24, 2.45) is 5.92 Å². The van der Waals surface area contributed by atoms with Crippen LogP contribution in [0.3, 0.4) is 0 Å². The van der Waals surface area contributed by atoms with Crippen molar-refractivity contribution in [2.75, 3.05) is 31.6 Å². The number of benzene rings is 1. The average Bonchev–Trinajstić information content (AvgIpc) is 3.31. The molecule has 1 aromatic heterocycles. The molecule has 0 atom stereocenters. The molecule has 1 fully saturated rings. The van der Waals surface area contributed by atoms with Crippen molar-refractivity contribution in [3.05, 3.63) is 40.6 Å². The van der Waals surface area contributed by atoms with Gasteiger partial charge in [0.05, 0.1) is 18.1 Å². The Bertz CT molecular complexity index is 830. The average molecular weight is 431 g/mol. The van der Waals surface area contributed by atoms with Gasteiger partial charge < -0.3 is 19.7 Å². The summed E-state index contributed by atoms with van der Waals surface area (Å²) in [4.78, 5) is 27.8. The molecule has 0 spiro atoms. The maximum absolute atomic E-state index is 12.8. The molecule has 2 aromatic rings. The number of carbonyl (C=O) groups is 2. The molecule has 7 heteroatoms. The number of piperidine rings is 1. The highest BCUT2D eigenvalue weighted by molar-refractivity contribution is 7.12. The molecular weight excluding hydrogens is 400 g/mol. The third-order valence-electron chi connectivity index (χ3n) is 5.02. The van der Waals surface area contributed by atoms with Crippen molar-refractivity contribution < 1.29 is 19.1 Å². The van der Waals surface area contributed by atoms with E-state index in [1.54, 1.807) is 0 Å². The number of rotatable bonds is 9. The van der Waals surface area contributed by atoms with E-state index in [0.717, 1.165) is 17.7 Å². The lowest BCUT2D eigenvalue weighted by Gasteiger charge is -2.31. The summed E-state index contributed by atoms with van der Waals surface area (Å²) in [5, 5.41) is 4.91. The van der Waals surface area contributed by atoms with E-state index in [2.05, 4.69) is 12.2 Å². The smallest absolute Gasteiger partial charge is 0.263 e. The van der Waals surface area contributed by atoms with E-state index in [1.807, 2.05) is 47.5 Å². The summed E-state index contributed by atoms with van der Waals surface area (Å²) >= 11 is 1.45. The highest BCUT2D eigenvalue weighted by Gasteiger charge is 2.28. The van der Waals surface area contributed by atoms with Gasteiger partial charge in [0.1, 0.15) is 0 Å². The van der Waals surface area contributed by atoms with Crippen LogP contribution in [0.5, 0.6) is 11.5 Å². The van der Waals surface area contributed by atoms with Crippen molar-refractivity contribution in [3.8, 4) is 11.5 Å². The van der Waals surface area contributed by atoms with Crippen LogP contribution in [-0.4, -0.2) is 43.0 Å². The fourth-order valence-corrected chi connectivity index (χ4v) is 4.08. The number of nitrogens with zero attached hydrogens (tertiary/aromatic N) is 1. The molecule has 0 radical (unpaired) electrons. The highest BCUT2D eigenvalue weighted by atomic mass is 32.1. The van der Waals surface area contributed by atoms with Crippen LogP contribution >= 0.6 is 11.3 Å². The Morgan fingerprint density at radius 3 is 2.40 bits per heavy atom. The van der Waals surface area contributed by atoms with Gasteiger partial charge in [-0.15, -0.1) is 11.3 Å². The van der Waals surface area contributed by atoms with Gasteiger partial charge in [0, 0.05) is 30.8 Å². The molecule has 2 heterocycles. The Kier molecular flexibility index (Phi) is 8.13. The summed E-state index contributed by atoms with van der Waals surface area (Å²) in [6.07, 6.45) is 3.14. The topological polar surface area (TPSA) is 67.9 Å². The third kappa shape index (κ3) is 5.75. The maximum atomic E-state index is 12.8. The number of thiophene rings is 1. The predicted molar refractivity (Wildman–Crippen MR) is 120 cm³/mol. The Hall–Kier alpha value is -2.54. The first-order chi connectivity index (χ1) is 14.6. The molecule has 0 unspecified atom stereocenters. The van der Waals surface area contributed by atoms with Gasteiger partial charge in [-0.3, -0.25) is 9.59 Å². The lowest BCUT2D eigenvalue weighted by molar-refractivity contribution is -0.121. The summed E-state index contributed by atoms with van der Waals surface area (Å²) in [5.41, 5.74) is 0.701. The predicted octanol–water partition coefficient (Wildman–Crippen LogP) is 4.82. The van der Waals surface area contributed by atoms with E-state index in [4.69, 9.17) is 9.47 Å². The van der Waals surface area contributed by atoms with Crippen molar-refractivity contribution in [2.45, 2.75) is 39.5 Å². The van der Waals surface area contributed by atoms with Crippen LogP contribution in [-0.2, 0) is 4.79 Å². The lowest BCUT2D eigenvalue weighted by Crippen LogP contribution is -2.41. The largest absolute Gasteiger partial charge is 0.490 e. The summed E-state index contributed by atoms with van der Waals surface area (Å²) < 4.78 is 11.6. The van der Waals surface area contributed by atoms with Crippen LogP contribution in [0, 0.1) is 5.92 Å². The van der Waals surface area contributed by atoms with E-state index in [0.29, 0.717) is 56.3 Å². The Balaban J connectivity index is 1.57. The molecule has 1 aliphatic rings. The van der Waals surface area contributed by atoms with Gasteiger partial charge in [-0.25, -0.2) is 0 Å². The van der Waals surface area contributed by atoms with Gasteiger partial charge in [-0.2, -0.15) is 0 Å². The first kappa shape index (κ1) is 22.2. The molecule has 1 aliphatic heterocycles. The van der Waals surface area contributed by atoms with E-state index >= 15 is 0 Å². The number of likely N-dealkylation sites (tertiary alicyclic amines) is 1. The number of anilines is 1. The number of nitrogens with one attached hydrogen (secondary N) is 1. The molecule has 1 saturated heterocycles. The lowest BCUT2D eigenvalue weighted by atomic mass is 9.95. The molecule has 3 rings (SSSR count). The van der Waals surface area contributed by atoms with Crippen molar-refractivity contribution >= 4 is 28.8 Å². The minimum atomic E-state index is -0.103. The summed E-state index contributed by atoms with van der Waals surface area (Å²) in [6.45, 7) is 6.52. The molecule has 1 aromatic carbocycles. The fraction of sp³-hybridized carbons (Fsp3) is 0.478. The number of ether oxygens (including phenoxy) is 2. The molecule has 30 heavy (non-hydrogen) atoms. The zero-order chi connectivity index (χ0) is 21.3. The van der Waals surface area contributed by atoms with Crippen LogP contribution in [0.15, 0.2) is 35.7 Å². The maximum Gasteiger partial charge on any atom is 0.263 e. The van der Waals surface area contributed by atoms with Gasteiger partial charge in [0.2, 0.25) is 5.91 Å². The Morgan fingerprint density at radius 1 is 1.07 bits per heavy atom. The second-order valence-electron chi connectivity index (χ2n) is 7.39. The Labute approximate surface area is 182 Å². The first-order valence-corrected chi connectivity index (χ1v) is 11.5. The minimum absolute atomic E-state index is 0.0121. The van der Waals surface area contributed by atoms with Gasteiger partial charge in [0.25, 0.3) is 5.91 Å². The number of carbonyl (C=O) groups excluding carboxylic acids is 2. The van der Waals surface area contributed by atoms with E-state index in [9.17, 15) is 9.59 Å². The Morgan fingerprint density at radius 2 is 1.77 bits per heavy atom. The minimum Gasteiger partial charge on any atom is -0.490 e. The number of amides is 2. The van der Waals surface area contributed by atoms with Gasteiger partial charge in [-0.1, -0.05) is 19.9 Å². The van der Waals surface area contributed by atoms with E-state index in [1.165, 1.54) is 11.3 Å². The quantitative estimate of drug-likeness (QED) is 0.619. The number of hydrogen-bond acceptors (Lipinski definition) is 5. The summed E-state index contributed by atoms with van der Waals surface area (Å²) in [5.74, 6) is 1.29. The van der Waals surface area contributed by atoms with Crippen LogP contribution in [0.1, 0.15) is 49.2 Å². The van der Waals surface area contributed by atoms with Crippen LogP contribution in [0.25, 0.3) is 0 Å². The molecule has 6 nitrogen and oxygen atoms in total. The monoisotopic (exact) mass is 430 g/mol. The van der Waals surface area contributed by atoms with E-state index < -0.39 is 0 Å². The summed E-state index contributed by atoms with van der Waals surface area (Å²) in [6, 6.07) is 9.25. The zero-order valence-corrected chi connectivity index (χ0v) is 18.5. The molecule has 0 bridgehead atoms. The molecule has 1 N–H and O–H groups in total. The summed E-state index contributed by atoms with van der Waals surface area (Å²) in [7, 11) is 0. The fourth-order valence-electron chi connectivity index (χ4n) is 3.39. The van der Waals surface area contributed by atoms with Crippen LogP contribution in [0.4, 0.5) is 5.69 Å². The standard InChI is InChI=1S/C23H30N2O4S/c1-3-13-28-19-8-7-18(16-20(19)29-14-4-2)24-22(26)17-9-11-25(12-10-17)23(27)21-6-5-15-30-21/h5-8,15-17H,3-4,9-14H2,1-2H3,(H,24,26). The van der Waals surface area contributed by atoms with Gasteiger partial charge in [-0.05, 0) is 49.3 Å². The molecule has 0 aliphatic carbocycles. The van der Waals surface area contributed by atoms with Gasteiger partial charge in [0.15, 0.2) is 11.5 Å². The van der Waals surface area contributed by atoms with Crippen LogP contribution < -0.4 is 14.8 Å². The second kappa shape index (κ2) is 11.0. The SMILES string of the molecule is CCCOc1ccc(NC(=O)C2CCN(C(=O)c3cccs3)CC2)cc1OCCC. The molecule has 162 valence electrons. The van der Waals surface area contributed by atoms with Crippen molar-refractivity contribution in [3.63, 3.8) is 0 Å². The van der Waals surface area contributed by atoms with E-state index in [-0.39, 0.29) is 17.7 Å².